The van der Waals surface area contributed by atoms with Crippen LogP contribution in [-0.4, -0.2) is 37.7 Å². The van der Waals surface area contributed by atoms with Crippen molar-refractivity contribution in [3.8, 4) is 0 Å². The van der Waals surface area contributed by atoms with Crippen LogP contribution in [0.25, 0.3) is 6.08 Å². The van der Waals surface area contributed by atoms with Gasteiger partial charge in [-0.3, -0.25) is 24.6 Å². The smallest absolute Gasteiger partial charge is 0.303 e. The largest absolute Gasteiger partial charge is 0.481 e. The summed E-state index contributed by atoms with van der Waals surface area (Å²) in [4.78, 5) is 34.3. The van der Waals surface area contributed by atoms with Crippen molar-refractivity contribution >= 4 is 51.9 Å². The second-order valence-electron chi connectivity index (χ2n) is 4.79. The molecule has 1 saturated heterocycles. The highest BCUT2D eigenvalue weighted by Crippen LogP contribution is 2.33. The maximum Gasteiger partial charge on any atom is 0.303 e. The fourth-order valence-electron chi connectivity index (χ4n) is 1.98. The first kappa shape index (κ1) is 18.0. The Kier molecular flexibility index (Phi) is 5.62. The Labute approximate surface area is 145 Å². The van der Waals surface area contributed by atoms with Crippen molar-refractivity contribution in [3.05, 3.63) is 44.6 Å². The molecule has 1 aliphatic rings. The van der Waals surface area contributed by atoms with Crippen LogP contribution in [0.1, 0.15) is 18.4 Å². The highest BCUT2D eigenvalue weighted by atomic mass is 32.2. The van der Waals surface area contributed by atoms with Crippen molar-refractivity contribution in [2.24, 2.45) is 0 Å². The molecule has 10 heteroatoms. The first-order valence-corrected chi connectivity index (χ1v) is 7.93. The van der Waals surface area contributed by atoms with Crippen LogP contribution in [0.5, 0.6) is 0 Å². The van der Waals surface area contributed by atoms with Crippen LogP contribution in [0.3, 0.4) is 0 Å². The number of carbonyl (C=O) groups excluding carboxylic acids is 1. The number of thiocarbonyl (C=S) groups is 1. The number of amides is 1. The minimum Gasteiger partial charge on any atom is -0.481 e. The predicted octanol–water partition coefficient (Wildman–Crippen LogP) is 2.80. The minimum atomic E-state index is -0.977. The third-order valence-corrected chi connectivity index (χ3v) is 4.50. The molecule has 0 saturated carbocycles. The highest BCUT2D eigenvalue weighted by molar-refractivity contribution is 8.26. The van der Waals surface area contributed by atoms with E-state index < -0.39 is 22.6 Å². The number of rotatable bonds is 6. The number of non-ortho nitro benzene ring substituents is 1. The molecular formula is C14H11FN2O5S2. The summed E-state index contributed by atoms with van der Waals surface area (Å²) in [5, 5.41) is 19.4. The van der Waals surface area contributed by atoms with Gasteiger partial charge in [-0.25, -0.2) is 4.39 Å². The second-order valence-corrected chi connectivity index (χ2v) is 6.47. The summed E-state index contributed by atoms with van der Waals surface area (Å²) in [6, 6.07) is 3.02. The Morgan fingerprint density at radius 1 is 1.50 bits per heavy atom. The number of aliphatic carboxylic acids is 1. The molecule has 0 unspecified atom stereocenters. The topological polar surface area (TPSA) is 101 Å². The molecule has 24 heavy (non-hydrogen) atoms. The SMILES string of the molecule is O=C(O)CCCN1C(=O)/C(=C/c2cc([N+](=O)[O-])ccc2F)SC1=S. The van der Waals surface area contributed by atoms with Crippen molar-refractivity contribution in [2.75, 3.05) is 6.54 Å². The third kappa shape index (κ3) is 4.15. The quantitative estimate of drug-likeness (QED) is 0.356. The molecule has 1 heterocycles. The molecule has 1 amide bonds. The molecule has 0 bridgehead atoms. The van der Waals surface area contributed by atoms with E-state index in [0.29, 0.717) is 0 Å². The average Bonchev–Trinajstić information content (AvgIpc) is 2.76. The first-order valence-electron chi connectivity index (χ1n) is 6.70. The van der Waals surface area contributed by atoms with Crippen LogP contribution in [0, 0.1) is 15.9 Å². The lowest BCUT2D eigenvalue weighted by atomic mass is 10.1. The maximum atomic E-state index is 13.8. The van der Waals surface area contributed by atoms with E-state index in [9.17, 15) is 24.1 Å². The van der Waals surface area contributed by atoms with Crippen LogP contribution in [0.2, 0.25) is 0 Å². The van der Waals surface area contributed by atoms with Gasteiger partial charge in [0.05, 0.1) is 9.83 Å². The zero-order valence-electron chi connectivity index (χ0n) is 12.1. The lowest BCUT2D eigenvalue weighted by Gasteiger charge is -2.13. The second kappa shape index (κ2) is 7.49. The molecule has 0 spiro atoms. The molecule has 0 aliphatic carbocycles. The van der Waals surface area contributed by atoms with Gasteiger partial charge in [-0.15, -0.1) is 0 Å². The van der Waals surface area contributed by atoms with Gasteiger partial charge in [0.25, 0.3) is 11.6 Å². The average molecular weight is 370 g/mol. The normalized spacial score (nSPS) is 16.0. The number of nitro groups is 1. The van der Waals surface area contributed by atoms with Gasteiger partial charge in [-0.1, -0.05) is 24.0 Å². The monoisotopic (exact) mass is 370 g/mol. The zero-order chi connectivity index (χ0) is 17.9. The maximum absolute atomic E-state index is 13.8. The van der Waals surface area contributed by atoms with E-state index in [1.54, 1.807) is 0 Å². The molecule has 1 aliphatic heterocycles. The molecule has 1 aromatic carbocycles. The molecule has 126 valence electrons. The summed E-state index contributed by atoms with van der Waals surface area (Å²) in [7, 11) is 0. The van der Waals surface area contributed by atoms with Crippen molar-refractivity contribution in [1.82, 2.24) is 4.90 Å². The first-order chi connectivity index (χ1) is 11.3. The van der Waals surface area contributed by atoms with E-state index in [1.807, 2.05) is 0 Å². The standard InChI is InChI=1S/C14H11FN2O5S2/c15-10-4-3-9(17(21)22)6-8(10)7-11-13(20)16(14(23)24-11)5-1-2-12(18)19/h3-4,6-7H,1-2,5H2,(H,18,19)/b11-7-. The molecule has 0 aromatic heterocycles. The summed E-state index contributed by atoms with van der Waals surface area (Å²) in [5.41, 5.74) is -0.380. The zero-order valence-corrected chi connectivity index (χ0v) is 13.7. The number of carboxylic acids is 1. The van der Waals surface area contributed by atoms with Gasteiger partial charge in [0, 0.05) is 30.7 Å². The van der Waals surface area contributed by atoms with Crippen LogP contribution in [0.15, 0.2) is 23.1 Å². The Balaban J connectivity index is 2.21. The van der Waals surface area contributed by atoms with Crippen molar-refractivity contribution < 1.29 is 24.0 Å². The summed E-state index contributed by atoms with van der Waals surface area (Å²) in [5.74, 6) is -2.15. The van der Waals surface area contributed by atoms with Gasteiger partial charge in [-0.05, 0) is 18.6 Å². The summed E-state index contributed by atoms with van der Waals surface area (Å²) in [6.07, 6.45) is 1.34. The molecule has 2 rings (SSSR count). The van der Waals surface area contributed by atoms with Gasteiger partial charge < -0.3 is 5.11 Å². The summed E-state index contributed by atoms with van der Waals surface area (Å²) < 4.78 is 14.0. The fourth-order valence-corrected chi connectivity index (χ4v) is 3.28. The number of hydrogen-bond acceptors (Lipinski definition) is 6. The fraction of sp³-hybridized carbons (Fsp3) is 0.214. The molecular weight excluding hydrogens is 359 g/mol. The van der Waals surface area contributed by atoms with E-state index in [0.717, 1.165) is 30.0 Å². The Hall–Kier alpha value is -2.33. The predicted molar refractivity (Wildman–Crippen MR) is 89.8 cm³/mol. The molecule has 1 fully saturated rings. The van der Waals surface area contributed by atoms with Crippen LogP contribution < -0.4 is 0 Å². The summed E-state index contributed by atoms with van der Waals surface area (Å²) in [6.45, 7) is 0.145. The van der Waals surface area contributed by atoms with E-state index in [2.05, 4.69) is 0 Å². The lowest BCUT2D eigenvalue weighted by Crippen LogP contribution is -2.29. The number of nitro benzene ring substituents is 1. The van der Waals surface area contributed by atoms with Gasteiger partial charge in [0.2, 0.25) is 0 Å². The van der Waals surface area contributed by atoms with E-state index in [4.69, 9.17) is 17.3 Å². The molecule has 7 nitrogen and oxygen atoms in total. The van der Waals surface area contributed by atoms with Gasteiger partial charge in [-0.2, -0.15) is 0 Å². The number of hydrogen-bond donors (Lipinski definition) is 1. The summed E-state index contributed by atoms with van der Waals surface area (Å²) >= 11 is 6.01. The Morgan fingerprint density at radius 3 is 2.83 bits per heavy atom. The van der Waals surface area contributed by atoms with E-state index in [1.165, 1.54) is 11.0 Å². The third-order valence-electron chi connectivity index (χ3n) is 3.12. The van der Waals surface area contributed by atoms with Crippen LogP contribution in [0.4, 0.5) is 10.1 Å². The van der Waals surface area contributed by atoms with Crippen molar-refractivity contribution in [3.63, 3.8) is 0 Å². The molecule has 1 aromatic rings. The van der Waals surface area contributed by atoms with Crippen molar-refractivity contribution in [1.29, 1.82) is 0 Å². The Bertz CT molecular complexity index is 766. The van der Waals surface area contributed by atoms with Crippen LogP contribution in [-0.2, 0) is 9.59 Å². The minimum absolute atomic E-state index is 0.0877. The number of thioether (sulfide) groups is 1. The van der Waals surface area contributed by atoms with E-state index >= 15 is 0 Å². The molecule has 0 radical (unpaired) electrons. The van der Waals surface area contributed by atoms with E-state index in [-0.39, 0.29) is 39.9 Å². The number of carboxylic acid groups (broad SMARTS) is 1. The van der Waals surface area contributed by atoms with Gasteiger partial charge in [0.1, 0.15) is 10.1 Å². The molecule has 0 atom stereocenters. The van der Waals surface area contributed by atoms with Gasteiger partial charge in [0.15, 0.2) is 0 Å². The number of benzene rings is 1. The van der Waals surface area contributed by atoms with Crippen LogP contribution >= 0.6 is 24.0 Å². The Morgan fingerprint density at radius 2 is 2.21 bits per heavy atom. The lowest BCUT2D eigenvalue weighted by molar-refractivity contribution is -0.384. The molecule has 1 N–H and O–H groups in total. The number of carbonyl (C=O) groups is 2. The number of halogens is 1. The van der Waals surface area contributed by atoms with Crippen molar-refractivity contribution in [2.45, 2.75) is 12.8 Å². The number of nitrogens with zero attached hydrogens (tertiary/aromatic N) is 2. The van der Waals surface area contributed by atoms with Gasteiger partial charge >= 0.3 is 5.97 Å². The highest BCUT2D eigenvalue weighted by Gasteiger charge is 2.32.